The van der Waals surface area contributed by atoms with E-state index in [1.165, 1.54) is 25.1 Å². The van der Waals surface area contributed by atoms with Gasteiger partial charge in [-0.2, -0.15) is 26.3 Å². The molecule has 180 valence electrons. The Labute approximate surface area is 193 Å². The quantitative estimate of drug-likeness (QED) is 0.300. The van der Waals surface area contributed by atoms with Crippen molar-refractivity contribution in [2.45, 2.75) is 44.0 Å². The Bertz CT molecular complexity index is 974. The zero-order chi connectivity index (χ0) is 24.6. The number of ether oxygens (including phenoxy) is 2. The maximum atomic E-state index is 13.7. The molecule has 33 heavy (non-hydrogen) atoms. The van der Waals surface area contributed by atoms with Gasteiger partial charge in [0, 0.05) is 11.8 Å². The van der Waals surface area contributed by atoms with Crippen molar-refractivity contribution in [2.24, 2.45) is 5.92 Å². The Balaban J connectivity index is 1.96. The SMILES string of the molecule is C[C@@H](O[C@H]1OCC[C@@H](C=O)[C@@H]1c1ccc(F)c(Br)c1)c1cc(C(F)(F)F)cc(C(F)(F)F)c1. The third-order valence-corrected chi connectivity index (χ3v) is 6.02. The van der Waals surface area contributed by atoms with Crippen LogP contribution in [0.25, 0.3) is 0 Å². The molecule has 1 aliphatic rings. The highest BCUT2D eigenvalue weighted by Crippen LogP contribution is 2.41. The molecule has 11 heteroatoms. The number of alkyl halides is 6. The monoisotopic (exact) mass is 542 g/mol. The topological polar surface area (TPSA) is 35.5 Å². The average molecular weight is 543 g/mol. The lowest BCUT2D eigenvalue weighted by Gasteiger charge is -2.37. The van der Waals surface area contributed by atoms with Crippen molar-refractivity contribution in [1.29, 1.82) is 0 Å². The van der Waals surface area contributed by atoms with Crippen molar-refractivity contribution in [1.82, 2.24) is 0 Å². The molecule has 0 unspecified atom stereocenters. The Hall–Kier alpha value is -1.98. The molecule has 1 fully saturated rings. The summed E-state index contributed by atoms with van der Waals surface area (Å²) >= 11 is 3.06. The van der Waals surface area contributed by atoms with Gasteiger partial charge in [0.2, 0.25) is 0 Å². The van der Waals surface area contributed by atoms with Crippen molar-refractivity contribution in [3.05, 3.63) is 68.9 Å². The van der Waals surface area contributed by atoms with E-state index in [0.29, 0.717) is 30.4 Å². The maximum absolute atomic E-state index is 13.7. The first-order valence-corrected chi connectivity index (χ1v) is 10.6. The molecule has 1 heterocycles. The molecule has 0 spiro atoms. The molecule has 4 atom stereocenters. The van der Waals surface area contributed by atoms with Crippen LogP contribution >= 0.6 is 15.9 Å². The van der Waals surface area contributed by atoms with E-state index in [2.05, 4.69) is 15.9 Å². The molecule has 0 amide bonds. The van der Waals surface area contributed by atoms with Gasteiger partial charge in [-0.3, -0.25) is 0 Å². The lowest BCUT2D eigenvalue weighted by molar-refractivity contribution is -0.207. The van der Waals surface area contributed by atoms with E-state index in [-0.39, 0.29) is 22.7 Å². The lowest BCUT2D eigenvalue weighted by atomic mass is 9.82. The summed E-state index contributed by atoms with van der Waals surface area (Å²) in [6.07, 6.45) is -11.4. The summed E-state index contributed by atoms with van der Waals surface area (Å²) < 4.78 is 104. The molecule has 3 nitrogen and oxygen atoms in total. The predicted molar refractivity (Wildman–Crippen MR) is 107 cm³/mol. The Kier molecular flexibility index (Phi) is 7.55. The number of rotatable bonds is 5. The van der Waals surface area contributed by atoms with Gasteiger partial charge in [0.25, 0.3) is 0 Å². The molecule has 0 radical (unpaired) electrons. The third kappa shape index (κ3) is 5.93. The van der Waals surface area contributed by atoms with Gasteiger partial charge in [-0.15, -0.1) is 0 Å². The number of carbonyl (C=O) groups excluding carboxylic acids is 1. The van der Waals surface area contributed by atoms with Crippen molar-refractivity contribution in [3.63, 3.8) is 0 Å². The second-order valence-corrected chi connectivity index (χ2v) is 8.50. The molecular weight excluding hydrogens is 525 g/mol. The fourth-order valence-electron chi connectivity index (χ4n) is 3.70. The lowest BCUT2D eigenvalue weighted by Crippen LogP contribution is -2.38. The normalized spacial score (nSPS) is 22.8. The van der Waals surface area contributed by atoms with Crippen molar-refractivity contribution >= 4 is 22.2 Å². The first-order chi connectivity index (χ1) is 15.3. The third-order valence-electron chi connectivity index (χ3n) is 5.41. The summed E-state index contributed by atoms with van der Waals surface area (Å²) in [7, 11) is 0. The smallest absolute Gasteiger partial charge is 0.352 e. The van der Waals surface area contributed by atoms with Crippen LogP contribution in [-0.2, 0) is 26.6 Å². The number of carbonyl (C=O) groups is 1. The van der Waals surface area contributed by atoms with Crippen molar-refractivity contribution < 1.29 is 45.0 Å². The van der Waals surface area contributed by atoms with Crippen LogP contribution in [0.3, 0.4) is 0 Å². The zero-order valence-corrected chi connectivity index (χ0v) is 18.6. The highest BCUT2D eigenvalue weighted by molar-refractivity contribution is 9.10. The van der Waals surface area contributed by atoms with Crippen LogP contribution < -0.4 is 0 Å². The summed E-state index contributed by atoms with van der Waals surface area (Å²) in [5.41, 5.74) is -2.81. The van der Waals surface area contributed by atoms with Crippen molar-refractivity contribution in [2.75, 3.05) is 6.61 Å². The molecule has 0 bridgehead atoms. The Morgan fingerprint density at radius 1 is 1.06 bits per heavy atom. The molecule has 0 saturated carbocycles. The number of halogens is 8. The summed E-state index contributed by atoms with van der Waals surface area (Å²) in [6, 6.07) is 5.22. The Morgan fingerprint density at radius 2 is 1.67 bits per heavy atom. The summed E-state index contributed by atoms with van der Waals surface area (Å²) in [4.78, 5) is 11.7. The van der Waals surface area contributed by atoms with Crippen molar-refractivity contribution in [3.8, 4) is 0 Å². The average Bonchev–Trinajstić information content (AvgIpc) is 2.74. The van der Waals surface area contributed by atoms with Gasteiger partial charge in [0.05, 0.1) is 28.3 Å². The van der Waals surface area contributed by atoms with Crippen LogP contribution in [0.4, 0.5) is 30.7 Å². The van der Waals surface area contributed by atoms with Gasteiger partial charge < -0.3 is 14.3 Å². The molecule has 3 rings (SSSR count). The second kappa shape index (κ2) is 9.71. The molecule has 0 N–H and O–H groups in total. The fourth-order valence-corrected chi connectivity index (χ4v) is 4.10. The van der Waals surface area contributed by atoms with Gasteiger partial charge in [-0.25, -0.2) is 4.39 Å². The Morgan fingerprint density at radius 3 is 2.18 bits per heavy atom. The van der Waals surface area contributed by atoms with E-state index in [0.717, 1.165) is 0 Å². The number of benzene rings is 2. The van der Waals surface area contributed by atoms with Crippen LogP contribution in [0.2, 0.25) is 0 Å². The first-order valence-electron chi connectivity index (χ1n) is 9.78. The molecule has 1 saturated heterocycles. The molecule has 0 aromatic heterocycles. The van der Waals surface area contributed by atoms with Gasteiger partial charge in [-0.1, -0.05) is 6.07 Å². The van der Waals surface area contributed by atoms with Crippen LogP contribution in [0.5, 0.6) is 0 Å². The van der Waals surface area contributed by atoms with E-state index in [4.69, 9.17) is 9.47 Å². The summed E-state index contributed by atoms with van der Waals surface area (Å²) in [6.45, 7) is 1.39. The zero-order valence-electron chi connectivity index (χ0n) is 17.0. The maximum Gasteiger partial charge on any atom is 0.416 e. The van der Waals surface area contributed by atoms with Crippen LogP contribution in [0, 0.1) is 11.7 Å². The molecule has 0 aliphatic carbocycles. The minimum Gasteiger partial charge on any atom is -0.352 e. The van der Waals surface area contributed by atoms with Gasteiger partial charge in [0.15, 0.2) is 6.29 Å². The largest absolute Gasteiger partial charge is 0.416 e. The number of hydrogen-bond donors (Lipinski definition) is 0. The standard InChI is InChI=1S/C22H18BrF7O3/c1-11(14-6-15(21(25,26)27)9-16(7-14)22(28,29)30)33-20-19(13(10-31)4-5-32-20)12-2-3-18(24)17(23)8-12/h2-3,6-11,13,19-20H,4-5H2,1H3/t11-,13+,19+,20-/m1/s1. The number of hydrogen-bond acceptors (Lipinski definition) is 3. The van der Waals surface area contributed by atoms with Gasteiger partial charge >= 0.3 is 12.4 Å². The van der Waals surface area contributed by atoms with Crippen LogP contribution in [-0.4, -0.2) is 19.2 Å². The predicted octanol–water partition coefficient (Wildman–Crippen LogP) is 7.05. The first kappa shape index (κ1) is 25.6. The summed E-state index contributed by atoms with van der Waals surface area (Å²) in [5.74, 6) is -1.91. The van der Waals surface area contributed by atoms with E-state index in [1.54, 1.807) is 0 Å². The highest BCUT2D eigenvalue weighted by atomic mass is 79.9. The van der Waals surface area contributed by atoms with E-state index < -0.39 is 53.5 Å². The second-order valence-electron chi connectivity index (χ2n) is 7.64. The molecule has 2 aromatic rings. The van der Waals surface area contributed by atoms with E-state index >= 15 is 0 Å². The minimum absolute atomic E-state index is 0.0363. The minimum atomic E-state index is -5.00. The van der Waals surface area contributed by atoms with Crippen LogP contribution in [0.1, 0.15) is 47.6 Å². The summed E-state index contributed by atoms with van der Waals surface area (Å²) in [5, 5.41) is 0. The molecular formula is C22H18BrF7O3. The fraction of sp³-hybridized carbons (Fsp3) is 0.409. The highest BCUT2D eigenvalue weighted by Gasteiger charge is 2.40. The molecule has 1 aliphatic heterocycles. The number of aldehydes is 1. The molecule has 2 aromatic carbocycles. The van der Waals surface area contributed by atoms with Crippen LogP contribution in [0.15, 0.2) is 40.9 Å². The van der Waals surface area contributed by atoms with Gasteiger partial charge in [-0.05, 0) is 70.7 Å². The van der Waals surface area contributed by atoms with Gasteiger partial charge in [0.1, 0.15) is 12.1 Å². The van der Waals surface area contributed by atoms with E-state index in [1.807, 2.05) is 0 Å². The van der Waals surface area contributed by atoms with E-state index in [9.17, 15) is 35.5 Å².